The second-order valence-corrected chi connectivity index (χ2v) is 7.40. The molecule has 2 N–H and O–H groups in total. The number of carboxylic acids is 1. The van der Waals surface area contributed by atoms with Crippen LogP contribution in [0.5, 0.6) is 0 Å². The number of carbonyl (C=O) groups is 1. The van der Waals surface area contributed by atoms with Crippen molar-refractivity contribution >= 4 is 27.5 Å². The van der Waals surface area contributed by atoms with Crippen LogP contribution in [-0.4, -0.2) is 36.9 Å². The third kappa shape index (κ3) is 3.78. The number of nitrogens with one attached hydrogen (secondary N) is 1. The maximum absolute atomic E-state index is 12.3. The molecule has 8 heteroatoms. The standard InChI is InChI=1S/C12H18N2O4S2/c15-12(16)11(10-6-5-9-19-10)13-20(17,18)14-7-3-1-2-4-8-14/h5-6,9,11,13H,1-4,7-8H2,(H,15,16). The minimum Gasteiger partial charge on any atom is -0.480 e. The first-order chi connectivity index (χ1) is 9.50. The lowest BCUT2D eigenvalue weighted by molar-refractivity contribution is -0.139. The van der Waals surface area contributed by atoms with Crippen molar-refractivity contribution in [1.82, 2.24) is 9.03 Å². The average Bonchev–Trinajstić information content (AvgIpc) is 2.76. The summed E-state index contributed by atoms with van der Waals surface area (Å²) < 4.78 is 28.3. The molecule has 1 aliphatic rings. The molecule has 0 aromatic carbocycles. The summed E-state index contributed by atoms with van der Waals surface area (Å²) in [7, 11) is -3.77. The van der Waals surface area contributed by atoms with Gasteiger partial charge in [-0.2, -0.15) is 17.4 Å². The van der Waals surface area contributed by atoms with E-state index in [4.69, 9.17) is 0 Å². The second kappa shape index (κ2) is 6.66. The zero-order chi connectivity index (χ0) is 14.6. The van der Waals surface area contributed by atoms with E-state index < -0.39 is 22.2 Å². The first-order valence-electron chi connectivity index (χ1n) is 6.54. The minimum absolute atomic E-state index is 0.451. The number of carboxylic acid groups (broad SMARTS) is 1. The van der Waals surface area contributed by atoms with E-state index in [9.17, 15) is 18.3 Å². The fourth-order valence-electron chi connectivity index (χ4n) is 2.19. The normalized spacial score (nSPS) is 19.4. The van der Waals surface area contributed by atoms with Crippen molar-refractivity contribution < 1.29 is 18.3 Å². The van der Waals surface area contributed by atoms with Crippen LogP contribution in [-0.2, 0) is 15.0 Å². The largest absolute Gasteiger partial charge is 0.480 e. The van der Waals surface area contributed by atoms with E-state index >= 15 is 0 Å². The summed E-state index contributed by atoms with van der Waals surface area (Å²) in [5.41, 5.74) is 0. The molecule has 1 aromatic rings. The Kier molecular flexibility index (Phi) is 5.14. The van der Waals surface area contributed by atoms with Crippen molar-refractivity contribution in [2.75, 3.05) is 13.1 Å². The van der Waals surface area contributed by atoms with Gasteiger partial charge in [-0.05, 0) is 24.3 Å². The van der Waals surface area contributed by atoms with E-state index in [2.05, 4.69) is 4.72 Å². The monoisotopic (exact) mass is 318 g/mol. The number of rotatable bonds is 5. The molecule has 1 unspecified atom stereocenters. The summed E-state index contributed by atoms with van der Waals surface area (Å²) in [6, 6.07) is 2.10. The van der Waals surface area contributed by atoms with Gasteiger partial charge in [0.05, 0.1) is 0 Å². The predicted molar refractivity (Wildman–Crippen MR) is 76.8 cm³/mol. The van der Waals surface area contributed by atoms with Crippen LogP contribution in [0.2, 0.25) is 0 Å². The van der Waals surface area contributed by atoms with Gasteiger partial charge in [0.25, 0.3) is 10.2 Å². The maximum Gasteiger partial charge on any atom is 0.327 e. The van der Waals surface area contributed by atoms with E-state index in [1.165, 1.54) is 15.6 Å². The van der Waals surface area contributed by atoms with E-state index in [1.807, 2.05) is 0 Å². The Bertz CT molecular complexity index is 534. The SMILES string of the molecule is O=C(O)C(NS(=O)(=O)N1CCCCCC1)c1cccs1. The van der Waals surface area contributed by atoms with Gasteiger partial charge in [0, 0.05) is 18.0 Å². The van der Waals surface area contributed by atoms with Gasteiger partial charge in [-0.15, -0.1) is 11.3 Å². The topological polar surface area (TPSA) is 86.7 Å². The number of hydrogen-bond donors (Lipinski definition) is 2. The highest BCUT2D eigenvalue weighted by atomic mass is 32.2. The van der Waals surface area contributed by atoms with Gasteiger partial charge >= 0.3 is 5.97 Å². The van der Waals surface area contributed by atoms with Gasteiger partial charge in [0.15, 0.2) is 6.04 Å². The van der Waals surface area contributed by atoms with Crippen molar-refractivity contribution in [3.63, 3.8) is 0 Å². The van der Waals surface area contributed by atoms with Crippen LogP contribution in [0.15, 0.2) is 17.5 Å². The highest BCUT2D eigenvalue weighted by molar-refractivity contribution is 7.87. The molecule has 20 heavy (non-hydrogen) atoms. The van der Waals surface area contributed by atoms with Gasteiger partial charge in [-0.1, -0.05) is 18.9 Å². The van der Waals surface area contributed by atoms with Gasteiger partial charge in [-0.3, -0.25) is 4.79 Å². The average molecular weight is 318 g/mol. The Balaban J connectivity index is 2.14. The van der Waals surface area contributed by atoms with Crippen molar-refractivity contribution in [3.05, 3.63) is 22.4 Å². The van der Waals surface area contributed by atoms with Crippen LogP contribution in [0, 0.1) is 0 Å². The summed E-state index contributed by atoms with van der Waals surface area (Å²) >= 11 is 1.22. The molecule has 0 radical (unpaired) electrons. The summed E-state index contributed by atoms with van der Waals surface area (Å²) in [5.74, 6) is -1.19. The molecule has 0 aliphatic carbocycles. The van der Waals surface area contributed by atoms with Gasteiger partial charge in [-0.25, -0.2) is 0 Å². The van der Waals surface area contributed by atoms with Crippen molar-refractivity contribution in [1.29, 1.82) is 0 Å². The smallest absolute Gasteiger partial charge is 0.327 e. The molecular weight excluding hydrogens is 300 g/mol. The lowest BCUT2D eigenvalue weighted by Gasteiger charge is -2.22. The molecule has 0 bridgehead atoms. The molecule has 1 aromatic heterocycles. The maximum atomic E-state index is 12.3. The molecule has 2 rings (SSSR count). The molecule has 112 valence electrons. The van der Waals surface area contributed by atoms with E-state index in [1.54, 1.807) is 17.5 Å². The molecule has 0 spiro atoms. The van der Waals surface area contributed by atoms with Crippen molar-refractivity contribution in [2.45, 2.75) is 31.7 Å². The zero-order valence-corrected chi connectivity index (χ0v) is 12.6. The van der Waals surface area contributed by atoms with Gasteiger partial charge in [0.2, 0.25) is 0 Å². The number of hydrogen-bond acceptors (Lipinski definition) is 4. The zero-order valence-electron chi connectivity index (χ0n) is 11.0. The Labute approximate surface area is 122 Å². The lowest BCUT2D eigenvalue weighted by atomic mass is 10.2. The van der Waals surface area contributed by atoms with Crippen molar-refractivity contribution in [3.8, 4) is 0 Å². The molecule has 0 amide bonds. The third-order valence-corrected chi connectivity index (χ3v) is 5.76. The van der Waals surface area contributed by atoms with Crippen LogP contribution in [0.1, 0.15) is 36.6 Å². The molecule has 1 fully saturated rings. The summed E-state index contributed by atoms with van der Waals surface area (Å²) in [6.45, 7) is 0.901. The lowest BCUT2D eigenvalue weighted by Crippen LogP contribution is -2.44. The Morgan fingerprint density at radius 2 is 1.95 bits per heavy atom. The second-order valence-electron chi connectivity index (χ2n) is 4.72. The van der Waals surface area contributed by atoms with Crippen LogP contribution in [0.4, 0.5) is 0 Å². The molecule has 1 atom stereocenters. The molecule has 1 aliphatic heterocycles. The Hall–Kier alpha value is -0.960. The van der Waals surface area contributed by atoms with E-state index in [-0.39, 0.29) is 0 Å². The summed E-state index contributed by atoms with van der Waals surface area (Å²) in [4.78, 5) is 11.8. The van der Waals surface area contributed by atoms with Gasteiger partial charge < -0.3 is 5.11 Å². The molecule has 6 nitrogen and oxygen atoms in total. The molecule has 0 saturated carbocycles. The van der Waals surface area contributed by atoms with Gasteiger partial charge in [0.1, 0.15) is 0 Å². The highest BCUT2D eigenvalue weighted by Gasteiger charge is 2.30. The number of nitrogens with zero attached hydrogens (tertiary/aromatic N) is 1. The molecule has 1 saturated heterocycles. The molecular formula is C12H18N2O4S2. The van der Waals surface area contributed by atoms with E-state index in [0.29, 0.717) is 18.0 Å². The quantitative estimate of drug-likeness (QED) is 0.863. The van der Waals surface area contributed by atoms with Crippen LogP contribution in [0.3, 0.4) is 0 Å². The summed E-state index contributed by atoms with van der Waals surface area (Å²) in [5, 5.41) is 11.0. The third-order valence-electron chi connectivity index (χ3n) is 3.25. The fourth-order valence-corrected chi connectivity index (χ4v) is 4.45. The van der Waals surface area contributed by atoms with Crippen LogP contribution < -0.4 is 4.72 Å². The van der Waals surface area contributed by atoms with Crippen molar-refractivity contribution in [2.24, 2.45) is 0 Å². The van der Waals surface area contributed by atoms with Crippen LogP contribution >= 0.6 is 11.3 Å². The Morgan fingerprint density at radius 3 is 2.45 bits per heavy atom. The van der Waals surface area contributed by atoms with Crippen LogP contribution in [0.25, 0.3) is 0 Å². The minimum atomic E-state index is -3.77. The van der Waals surface area contributed by atoms with E-state index in [0.717, 1.165) is 25.7 Å². The fraction of sp³-hybridized carbons (Fsp3) is 0.583. The highest BCUT2D eigenvalue weighted by Crippen LogP contribution is 2.21. The first-order valence-corrected chi connectivity index (χ1v) is 8.86. The first kappa shape index (κ1) is 15.4. The Morgan fingerprint density at radius 1 is 1.30 bits per heavy atom. The number of thiophene rings is 1. The summed E-state index contributed by atoms with van der Waals surface area (Å²) in [6.07, 6.45) is 3.66. The number of aliphatic carboxylic acids is 1. The predicted octanol–water partition coefficient (Wildman–Crippen LogP) is 1.58. The molecule has 2 heterocycles.